The van der Waals surface area contributed by atoms with Crippen LogP contribution in [0.15, 0.2) is 24.3 Å². The fraction of sp³-hybridized carbons (Fsp3) is 0.385. The number of carbonyl (C=O) groups is 1. The van der Waals surface area contributed by atoms with Crippen LogP contribution in [-0.2, 0) is 11.3 Å². The van der Waals surface area contributed by atoms with E-state index in [1.807, 2.05) is 23.1 Å². The summed E-state index contributed by atoms with van der Waals surface area (Å²) in [6, 6.07) is 9.54. The Hall–Kier alpha value is -1.82. The normalized spacial score (nSPS) is 19.9. The minimum absolute atomic E-state index is 0.217. The lowest BCUT2D eigenvalue weighted by atomic mass is 10.1. The van der Waals surface area contributed by atoms with Gasteiger partial charge in [-0.3, -0.25) is 4.79 Å². The standard InChI is InChI=1S/C13H14N2O/c1-10-5-13(16)15(8-10)9-12-4-2-3-11(6-12)7-14/h2-4,6,10H,5,8-9H2,1H3. The molecule has 1 aliphatic rings. The topological polar surface area (TPSA) is 44.1 Å². The Morgan fingerprint density at radius 2 is 2.38 bits per heavy atom. The van der Waals surface area contributed by atoms with E-state index in [4.69, 9.17) is 5.26 Å². The zero-order valence-corrected chi connectivity index (χ0v) is 9.31. The summed E-state index contributed by atoms with van der Waals surface area (Å²) in [5.74, 6) is 0.668. The fourth-order valence-corrected chi connectivity index (χ4v) is 2.08. The highest BCUT2D eigenvalue weighted by Gasteiger charge is 2.26. The molecule has 0 aliphatic carbocycles. The van der Waals surface area contributed by atoms with E-state index >= 15 is 0 Å². The molecule has 0 spiro atoms. The largest absolute Gasteiger partial charge is 0.338 e. The van der Waals surface area contributed by atoms with Gasteiger partial charge in [0.15, 0.2) is 0 Å². The van der Waals surface area contributed by atoms with Crippen molar-refractivity contribution in [3.8, 4) is 6.07 Å². The summed E-state index contributed by atoms with van der Waals surface area (Å²) in [4.78, 5) is 13.5. The van der Waals surface area contributed by atoms with Crippen molar-refractivity contribution in [2.45, 2.75) is 19.9 Å². The third-order valence-corrected chi connectivity index (χ3v) is 2.84. The van der Waals surface area contributed by atoms with Crippen molar-refractivity contribution in [1.29, 1.82) is 5.26 Å². The van der Waals surface area contributed by atoms with Crippen LogP contribution in [0.5, 0.6) is 0 Å². The Morgan fingerprint density at radius 3 is 3.00 bits per heavy atom. The Kier molecular flexibility index (Phi) is 2.91. The Balaban J connectivity index is 2.09. The summed E-state index contributed by atoms with van der Waals surface area (Å²) in [6.45, 7) is 3.54. The summed E-state index contributed by atoms with van der Waals surface area (Å²) in [6.07, 6.45) is 0.651. The molecule has 3 heteroatoms. The van der Waals surface area contributed by atoms with Crippen LogP contribution < -0.4 is 0 Å². The maximum absolute atomic E-state index is 11.6. The molecule has 82 valence electrons. The molecule has 1 aromatic carbocycles. The molecule has 1 heterocycles. The maximum atomic E-state index is 11.6. The van der Waals surface area contributed by atoms with Gasteiger partial charge in [0.2, 0.25) is 5.91 Å². The minimum atomic E-state index is 0.217. The number of likely N-dealkylation sites (tertiary alicyclic amines) is 1. The molecule has 1 amide bonds. The highest BCUT2D eigenvalue weighted by atomic mass is 16.2. The van der Waals surface area contributed by atoms with Gasteiger partial charge in [0, 0.05) is 19.5 Å². The van der Waals surface area contributed by atoms with Gasteiger partial charge in [-0.05, 0) is 23.6 Å². The number of amides is 1. The molecular formula is C13H14N2O. The molecule has 1 saturated heterocycles. The summed E-state index contributed by atoms with van der Waals surface area (Å²) < 4.78 is 0. The van der Waals surface area contributed by atoms with Crippen LogP contribution >= 0.6 is 0 Å². The van der Waals surface area contributed by atoms with Gasteiger partial charge < -0.3 is 4.90 Å². The molecule has 0 saturated carbocycles. The summed E-state index contributed by atoms with van der Waals surface area (Å²) in [5, 5.41) is 8.79. The van der Waals surface area contributed by atoms with Gasteiger partial charge in [-0.1, -0.05) is 19.1 Å². The third-order valence-electron chi connectivity index (χ3n) is 2.84. The predicted molar refractivity (Wildman–Crippen MR) is 60.4 cm³/mol. The van der Waals surface area contributed by atoms with Gasteiger partial charge in [-0.15, -0.1) is 0 Å². The number of nitriles is 1. The second-order valence-corrected chi connectivity index (χ2v) is 4.40. The van der Waals surface area contributed by atoms with E-state index in [0.717, 1.165) is 12.1 Å². The second kappa shape index (κ2) is 4.36. The average molecular weight is 214 g/mol. The average Bonchev–Trinajstić information content (AvgIpc) is 2.58. The lowest BCUT2D eigenvalue weighted by Gasteiger charge is -2.16. The van der Waals surface area contributed by atoms with Crippen LogP contribution in [0.2, 0.25) is 0 Å². The molecule has 3 nitrogen and oxygen atoms in total. The quantitative estimate of drug-likeness (QED) is 0.755. The summed E-state index contributed by atoms with van der Waals surface area (Å²) >= 11 is 0. The molecule has 0 bridgehead atoms. The first kappa shape index (κ1) is 10.7. The van der Waals surface area contributed by atoms with E-state index in [9.17, 15) is 4.79 Å². The molecule has 0 aromatic heterocycles. The van der Waals surface area contributed by atoms with Crippen molar-refractivity contribution in [2.75, 3.05) is 6.54 Å². The molecule has 1 unspecified atom stereocenters. The van der Waals surface area contributed by atoms with Crippen molar-refractivity contribution in [3.05, 3.63) is 35.4 Å². The Morgan fingerprint density at radius 1 is 1.56 bits per heavy atom. The van der Waals surface area contributed by atoms with Crippen LogP contribution in [0.4, 0.5) is 0 Å². The second-order valence-electron chi connectivity index (χ2n) is 4.40. The number of hydrogen-bond donors (Lipinski definition) is 0. The molecule has 1 atom stereocenters. The smallest absolute Gasteiger partial charge is 0.223 e. The summed E-state index contributed by atoms with van der Waals surface area (Å²) in [5.41, 5.74) is 1.68. The fourth-order valence-electron chi connectivity index (χ4n) is 2.08. The molecule has 1 aliphatic heterocycles. The van der Waals surface area contributed by atoms with Gasteiger partial charge >= 0.3 is 0 Å². The molecule has 1 aromatic rings. The van der Waals surface area contributed by atoms with Crippen molar-refractivity contribution in [3.63, 3.8) is 0 Å². The van der Waals surface area contributed by atoms with E-state index in [1.54, 1.807) is 6.07 Å². The van der Waals surface area contributed by atoms with Gasteiger partial charge in [0.05, 0.1) is 11.6 Å². The van der Waals surface area contributed by atoms with E-state index in [2.05, 4.69) is 13.0 Å². The van der Waals surface area contributed by atoms with E-state index < -0.39 is 0 Å². The van der Waals surface area contributed by atoms with Crippen molar-refractivity contribution < 1.29 is 4.79 Å². The first-order chi connectivity index (χ1) is 7.69. The maximum Gasteiger partial charge on any atom is 0.223 e. The zero-order chi connectivity index (χ0) is 11.5. The van der Waals surface area contributed by atoms with Gasteiger partial charge in [-0.2, -0.15) is 5.26 Å². The van der Waals surface area contributed by atoms with Crippen LogP contribution in [0.1, 0.15) is 24.5 Å². The number of nitrogens with zero attached hydrogens (tertiary/aromatic N) is 2. The van der Waals surface area contributed by atoms with Gasteiger partial charge in [-0.25, -0.2) is 0 Å². The van der Waals surface area contributed by atoms with E-state index in [0.29, 0.717) is 24.4 Å². The van der Waals surface area contributed by atoms with Crippen LogP contribution in [0.3, 0.4) is 0 Å². The predicted octanol–water partition coefficient (Wildman–Crippen LogP) is 1.93. The number of hydrogen-bond acceptors (Lipinski definition) is 2. The SMILES string of the molecule is CC1CC(=O)N(Cc2cccc(C#N)c2)C1. The van der Waals surface area contributed by atoms with Crippen LogP contribution in [0, 0.1) is 17.2 Å². The molecule has 2 rings (SSSR count). The van der Waals surface area contributed by atoms with Gasteiger partial charge in [0.25, 0.3) is 0 Å². The van der Waals surface area contributed by atoms with Crippen molar-refractivity contribution >= 4 is 5.91 Å². The number of benzene rings is 1. The highest BCUT2D eigenvalue weighted by molar-refractivity contribution is 5.78. The van der Waals surface area contributed by atoms with E-state index in [-0.39, 0.29) is 5.91 Å². The lowest BCUT2D eigenvalue weighted by molar-refractivity contribution is -0.128. The van der Waals surface area contributed by atoms with Crippen LogP contribution in [0.25, 0.3) is 0 Å². The van der Waals surface area contributed by atoms with Crippen LogP contribution in [-0.4, -0.2) is 17.4 Å². The molecule has 0 N–H and O–H groups in total. The molecule has 0 radical (unpaired) electrons. The Bertz CT molecular complexity index is 447. The minimum Gasteiger partial charge on any atom is -0.338 e. The highest BCUT2D eigenvalue weighted by Crippen LogP contribution is 2.19. The van der Waals surface area contributed by atoms with Crippen molar-refractivity contribution in [2.24, 2.45) is 5.92 Å². The number of carbonyl (C=O) groups excluding carboxylic acids is 1. The third kappa shape index (κ3) is 2.22. The van der Waals surface area contributed by atoms with Gasteiger partial charge in [0.1, 0.15) is 0 Å². The molecule has 16 heavy (non-hydrogen) atoms. The Labute approximate surface area is 95.3 Å². The first-order valence-corrected chi connectivity index (χ1v) is 5.46. The van der Waals surface area contributed by atoms with Crippen molar-refractivity contribution in [1.82, 2.24) is 4.90 Å². The molecule has 1 fully saturated rings. The van der Waals surface area contributed by atoms with E-state index in [1.165, 1.54) is 0 Å². The zero-order valence-electron chi connectivity index (χ0n) is 9.31. The molecular weight excluding hydrogens is 200 g/mol. The first-order valence-electron chi connectivity index (χ1n) is 5.46. The monoisotopic (exact) mass is 214 g/mol. The lowest BCUT2D eigenvalue weighted by Crippen LogP contribution is -2.24. The summed E-state index contributed by atoms with van der Waals surface area (Å²) in [7, 11) is 0. The number of rotatable bonds is 2.